The summed E-state index contributed by atoms with van der Waals surface area (Å²) in [6.45, 7) is 1.61. The largest absolute Gasteiger partial charge is 0.346 e. The van der Waals surface area contributed by atoms with Gasteiger partial charge in [0.25, 0.3) is 0 Å². The van der Waals surface area contributed by atoms with Gasteiger partial charge in [-0.3, -0.25) is 9.89 Å². The van der Waals surface area contributed by atoms with Crippen LogP contribution in [0.2, 0.25) is 5.02 Å². The Morgan fingerprint density at radius 1 is 1.09 bits per heavy atom. The summed E-state index contributed by atoms with van der Waals surface area (Å²) in [7, 11) is 0. The molecule has 176 valence electrons. The smallest absolute Gasteiger partial charge is 0.226 e. The molecule has 3 N–H and O–H groups in total. The molecule has 1 amide bonds. The molecule has 0 bridgehead atoms. The fourth-order valence-corrected chi connectivity index (χ4v) is 4.20. The average molecular weight is 478 g/mol. The van der Waals surface area contributed by atoms with Crippen LogP contribution in [0, 0.1) is 0 Å². The summed E-state index contributed by atoms with van der Waals surface area (Å²) in [6, 6.07) is 15.1. The van der Waals surface area contributed by atoms with Gasteiger partial charge in [-0.2, -0.15) is 5.10 Å². The molecule has 0 spiro atoms. The van der Waals surface area contributed by atoms with E-state index >= 15 is 0 Å². The number of nitrogens with one attached hydrogen (secondary N) is 3. The van der Waals surface area contributed by atoms with Crippen LogP contribution >= 0.6 is 11.6 Å². The Labute approximate surface area is 203 Å². The molecule has 0 aliphatic rings. The van der Waals surface area contributed by atoms with Crippen molar-refractivity contribution in [3.05, 3.63) is 71.3 Å². The minimum atomic E-state index is -0.264. The minimum absolute atomic E-state index is 0.128. The molecule has 0 saturated carbocycles. The van der Waals surface area contributed by atoms with E-state index in [0.717, 1.165) is 59.4 Å². The van der Waals surface area contributed by atoms with E-state index < -0.39 is 0 Å². The molecule has 0 radical (unpaired) electrons. The van der Waals surface area contributed by atoms with E-state index in [1.165, 1.54) is 0 Å². The lowest BCUT2D eigenvalue weighted by Crippen LogP contribution is -2.30. The number of hydrogen-bond donors (Lipinski definition) is 3. The number of carbonyl (C=O) groups excluding carboxylic acids is 2. The number of nitrogens with zero attached hydrogens (tertiary/aromatic N) is 2. The maximum atomic E-state index is 13.0. The highest BCUT2D eigenvalue weighted by atomic mass is 35.5. The monoisotopic (exact) mass is 477 g/mol. The SMILES string of the molecule is CC(=O)CCCCC[C@H](NC(=O)Cc1[nH]nc2ccc(Cl)cc12)c1ncc(-c2ccccc2)[nH]1. The zero-order valence-electron chi connectivity index (χ0n) is 19.1. The van der Waals surface area contributed by atoms with Gasteiger partial charge in [0, 0.05) is 16.8 Å². The molecule has 4 rings (SSSR count). The maximum absolute atomic E-state index is 13.0. The zero-order valence-corrected chi connectivity index (χ0v) is 19.9. The maximum Gasteiger partial charge on any atom is 0.226 e. The van der Waals surface area contributed by atoms with Crippen LogP contribution in [0.3, 0.4) is 0 Å². The van der Waals surface area contributed by atoms with Gasteiger partial charge in [0.2, 0.25) is 5.91 Å². The van der Waals surface area contributed by atoms with E-state index in [0.29, 0.717) is 11.4 Å². The Morgan fingerprint density at radius 2 is 1.91 bits per heavy atom. The Morgan fingerprint density at radius 3 is 2.71 bits per heavy atom. The number of amides is 1. The molecular formula is C26H28ClN5O2. The van der Waals surface area contributed by atoms with Gasteiger partial charge < -0.3 is 15.1 Å². The van der Waals surface area contributed by atoms with Gasteiger partial charge in [-0.25, -0.2) is 4.98 Å². The molecule has 0 aliphatic carbocycles. The standard InChI is InChI=1S/C26H28ClN5O2/c1-17(33)8-4-2-7-11-22(26-28-16-24(30-26)18-9-5-3-6-10-18)29-25(34)15-23-20-14-19(27)12-13-21(20)31-32-23/h3,5-6,9-10,12-14,16,22H,2,4,7-8,11,15H2,1H3,(H,28,30)(H,29,34)(H,31,32)/t22-/m0/s1. The quantitative estimate of drug-likeness (QED) is 0.246. The second kappa shape index (κ2) is 11.1. The summed E-state index contributed by atoms with van der Waals surface area (Å²) in [5, 5.41) is 11.8. The van der Waals surface area contributed by atoms with Gasteiger partial charge in [0.1, 0.15) is 11.6 Å². The molecule has 0 fully saturated rings. The second-order valence-electron chi connectivity index (χ2n) is 8.51. The number of hydrogen-bond acceptors (Lipinski definition) is 4. The molecule has 7 nitrogen and oxygen atoms in total. The number of Topliss-reactive ketones (excluding diaryl/α,β-unsaturated/α-hetero) is 1. The Kier molecular flexibility index (Phi) is 7.75. The van der Waals surface area contributed by atoms with Gasteiger partial charge >= 0.3 is 0 Å². The molecule has 8 heteroatoms. The Hall–Kier alpha value is -3.45. The van der Waals surface area contributed by atoms with Gasteiger partial charge in [0.05, 0.1) is 35.6 Å². The summed E-state index contributed by atoms with van der Waals surface area (Å²) >= 11 is 6.13. The number of rotatable bonds is 11. The van der Waals surface area contributed by atoms with E-state index in [-0.39, 0.29) is 24.2 Å². The summed E-state index contributed by atoms with van der Waals surface area (Å²) < 4.78 is 0. The van der Waals surface area contributed by atoms with Crippen LogP contribution in [0.4, 0.5) is 0 Å². The van der Waals surface area contributed by atoms with Gasteiger partial charge in [-0.05, 0) is 43.5 Å². The molecule has 0 saturated heterocycles. The lowest BCUT2D eigenvalue weighted by atomic mass is 10.0. The lowest BCUT2D eigenvalue weighted by molar-refractivity contribution is -0.121. The molecule has 1 atom stereocenters. The third-order valence-electron chi connectivity index (χ3n) is 5.80. The molecule has 2 aromatic heterocycles. The number of H-pyrrole nitrogens is 2. The number of aromatic amines is 2. The first-order chi connectivity index (χ1) is 16.5. The van der Waals surface area contributed by atoms with E-state index in [2.05, 4.69) is 25.5 Å². The third-order valence-corrected chi connectivity index (χ3v) is 6.03. The van der Waals surface area contributed by atoms with Crippen molar-refractivity contribution in [2.24, 2.45) is 0 Å². The second-order valence-corrected chi connectivity index (χ2v) is 8.95. The fourth-order valence-electron chi connectivity index (χ4n) is 4.03. The van der Waals surface area contributed by atoms with E-state index in [1.807, 2.05) is 42.5 Å². The van der Waals surface area contributed by atoms with Crippen molar-refractivity contribution in [2.45, 2.75) is 51.5 Å². The van der Waals surface area contributed by atoms with Gasteiger partial charge in [0.15, 0.2) is 0 Å². The number of fused-ring (bicyclic) bond motifs is 1. The van der Waals surface area contributed by atoms with Crippen LogP contribution in [0.5, 0.6) is 0 Å². The van der Waals surface area contributed by atoms with Gasteiger partial charge in [-0.1, -0.05) is 54.8 Å². The molecule has 2 heterocycles. The summed E-state index contributed by atoms with van der Waals surface area (Å²) in [4.78, 5) is 32.2. The van der Waals surface area contributed by atoms with Crippen LogP contribution in [-0.2, 0) is 16.0 Å². The first kappa shape index (κ1) is 23.7. The number of unbranched alkanes of at least 4 members (excludes halogenated alkanes) is 2. The lowest BCUT2D eigenvalue weighted by Gasteiger charge is -2.17. The Bertz CT molecular complexity index is 1260. The van der Waals surface area contributed by atoms with Crippen molar-refractivity contribution < 1.29 is 9.59 Å². The first-order valence-corrected chi connectivity index (χ1v) is 11.9. The number of benzene rings is 2. The number of carbonyl (C=O) groups is 2. The molecular weight excluding hydrogens is 450 g/mol. The van der Waals surface area contributed by atoms with Crippen molar-refractivity contribution >= 4 is 34.2 Å². The average Bonchev–Trinajstić information content (AvgIpc) is 3.46. The number of aromatic nitrogens is 4. The third kappa shape index (κ3) is 6.11. The number of imidazole rings is 1. The van der Waals surface area contributed by atoms with Crippen LogP contribution in [0.25, 0.3) is 22.2 Å². The summed E-state index contributed by atoms with van der Waals surface area (Å²) in [6.07, 6.45) is 5.91. The van der Waals surface area contributed by atoms with Crippen LogP contribution in [0.1, 0.15) is 56.6 Å². The highest BCUT2D eigenvalue weighted by Crippen LogP contribution is 2.24. The number of halogens is 1. The summed E-state index contributed by atoms with van der Waals surface area (Å²) in [5.41, 5.74) is 3.43. The normalized spacial score (nSPS) is 12.1. The minimum Gasteiger partial charge on any atom is -0.346 e. The predicted molar refractivity (Wildman–Crippen MR) is 133 cm³/mol. The van der Waals surface area contributed by atoms with Crippen molar-refractivity contribution in [1.82, 2.24) is 25.5 Å². The van der Waals surface area contributed by atoms with Gasteiger partial charge in [-0.15, -0.1) is 0 Å². The van der Waals surface area contributed by atoms with Crippen molar-refractivity contribution in [2.75, 3.05) is 0 Å². The molecule has 2 aromatic carbocycles. The highest BCUT2D eigenvalue weighted by molar-refractivity contribution is 6.31. The van der Waals surface area contributed by atoms with E-state index in [9.17, 15) is 9.59 Å². The Balaban J connectivity index is 1.47. The van der Waals surface area contributed by atoms with Crippen molar-refractivity contribution in [1.29, 1.82) is 0 Å². The molecule has 34 heavy (non-hydrogen) atoms. The number of ketones is 1. The topological polar surface area (TPSA) is 104 Å². The molecule has 0 unspecified atom stereocenters. The predicted octanol–water partition coefficient (Wildman–Crippen LogP) is 5.55. The van der Waals surface area contributed by atoms with Crippen LogP contribution < -0.4 is 5.32 Å². The molecule has 0 aliphatic heterocycles. The van der Waals surface area contributed by atoms with Crippen LogP contribution in [-0.4, -0.2) is 31.9 Å². The molecule has 4 aromatic rings. The summed E-state index contributed by atoms with van der Waals surface area (Å²) in [5.74, 6) is 0.795. The highest BCUT2D eigenvalue weighted by Gasteiger charge is 2.20. The fraction of sp³-hybridized carbons (Fsp3) is 0.308. The van der Waals surface area contributed by atoms with E-state index in [1.54, 1.807) is 19.2 Å². The first-order valence-electron chi connectivity index (χ1n) is 11.5. The zero-order chi connectivity index (χ0) is 23.9. The van der Waals surface area contributed by atoms with Crippen molar-refractivity contribution in [3.8, 4) is 11.3 Å². The van der Waals surface area contributed by atoms with Crippen LogP contribution in [0.15, 0.2) is 54.7 Å². The van der Waals surface area contributed by atoms with E-state index in [4.69, 9.17) is 11.6 Å². The van der Waals surface area contributed by atoms with Crippen molar-refractivity contribution in [3.63, 3.8) is 0 Å².